The molecule has 86 valence electrons. The van der Waals surface area contributed by atoms with E-state index in [4.69, 9.17) is 5.11 Å². The second kappa shape index (κ2) is 4.17. The number of imidazole rings is 1. The minimum absolute atomic E-state index is 0.280. The fourth-order valence-corrected chi connectivity index (χ4v) is 2.70. The molecule has 0 spiro atoms. The molecule has 1 atom stereocenters. The average Bonchev–Trinajstić information content (AvgIpc) is 2.84. The first-order valence-electron chi connectivity index (χ1n) is 4.69. The van der Waals surface area contributed by atoms with Gasteiger partial charge in [0.05, 0.1) is 18.4 Å². The van der Waals surface area contributed by atoms with Crippen LogP contribution in [-0.4, -0.2) is 49.1 Å². The second-order valence-corrected chi connectivity index (χ2v) is 4.52. The number of hydrogen-bond donors (Lipinski definition) is 1. The Hall–Kier alpha value is -1.50. The Labute approximate surface area is 96.3 Å². The molecule has 6 nitrogen and oxygen atoms in total. The maximum Gasteiger partial charge on any atom is 0.327 e. The molecule has 1 amide bonds. The molecule has 1 fully saturated rings. The lowest BCUT2D eigenvalue weighted by Crippen LogP contribution is -2.42. The Kier molecular flexibility index (Phi) is 2.86. The number of carboxylic acid groups (broad SMARTS) is 1. The summed E-state index contributed by atoms with van der Waals surface area (Å²) in [5.74, 6) is -0.377. The van der Waals surface area contributed by atoms with Crippen molar-refractivity contribution in [2.24, 2.45) is 7.05 Å². The van der Waals surface area contributed by atoms with Crippen molar-refractivity contribution in [3.63, 3.8) is 0 Å². The SMILES string of the molecule is Cn1cncc1C(=O)N1CSC[C@H]1C(=O)O. The first kappa shape index (κ1) is 11.0. The molecule has 0 aliphatic carbocycles. The van der Waals surface area contributed by atoms with Crippen molar-refractivity contribution in [2.45, 2.75) is 6.04 Å². The number of rotatable bonds is 2. The van der Waals surface area contributed by atoms with Crippen LogP contribution in [-0.2, 0) is 11.8 Å². The van der Waals surface area contributed by atoms with Crippen LogP contribution in [0, 0.1) is 0 Å². The highest BCUT2D eigenvalue weighted by atomic mass is 32.2. The third kappa shape index (κ3) is 1.78. The van der Waals surface area contributed by atoms with Gasteiger partial charge in [0.2, 0.25) is 0 Å². The molecule has 16 heavy (non-hydrogen) atoms. The van der Waals surface area contributed by atoms with E-state index in [1.807, 2.05) is 0 Å². The van der Waals surface area contributed by atoms with E-state index >= 15 is 0 Å². The van der Waals surface area contributed by atoms with Crippen LogP contribution in [0.4, 0.5) is 0 Å². The molecule has 1 aromatic heterocycles. The van der Waals surface area contributed by atoms with Crippen LogP contribution < -0.4 is 0 Å². The summed E-state index contributed by atoms with van der Waals surface area (Å²) in [6.07, 6.45) is 2.97. The maximum absolute atomic E-state index is 12.0. The molecule has 1 saturated heterocycles. The molecule has 1 N–H and O–H groups in total. The standard InChI is InChI=1S/C9H11N3O3S/c1-11-4-10-2-6(11)8(13)12-5-16-3-7(12)9(14)15/h2,4,7H,3,5H2,1H3,(H,14,15)/t7-/m0/s1. The Morgan fingerprint density at radius 2 is 2.38 bits per heavy atom. The number of amides is 1. The molecule has 0 unspecified atom stereocenters. The van der Waals surface area contributed by atoms with Gasteiger partial charge in [0.1, 0.15) is 11.7 Å². The van der Waals surface area contributed by atoms with Crippen LogP contribution in [0.15, 0.2) is 12.5 Å². The van der Waals surface area contributed by atoms with Crippen LogP contribution in [0.25, 0.3) is 0 Å². The number of aliphatic carboxylic acids is 1. The van der Waals surface area contributed by atoms with E-state index in [0.717, 1.165) is 0 Å². The van der Waals surface area contributed by atoms with Gasteiger partial charge in [-0.1, -0.05) is 0 Å². The molecular formula is C9H11N3O3S. The van der Waals surface area contributed by atoms with Crippen molar-refractivity contribution in [3.05, 3.63) is 18.2 Å². The number of aryl methyl sites for hydroxylation is 1. The summed E-state index contributed by atoms with van der Waals surface area (Å²) in [7, 11) is 1.71. The molecular weight excluding hydrogens is 230 g/mol. The van der Waals surface area contributed by atoms with E-state index in [1.165, 1.54) is 29.2 Å². The fourth-order valence-electron chi connectivity index (χ4n) is 1.56. The van der Waals surface area contributed by atoms with E-state index in [9.17, 15) is 9.59 Å². The number of aromatic nitrogens is 2. The maximum atomic E-state index is 12.0. The first-order chi connectivity index (χ1) is 7.61. The smallest absolute Gasteiger partial charge is 0.327 e. The molecule has 2 rings (SSSR count). The third-order valence-electron chi connectivity index (χ3n) is 2.46. The van der Waals surface area contributed by atoms with Gasteiger partial charge in [-0.05, 0) is 0 Å². The Morgan fingerprint density at radius 3 is 2.94 bits per heavy atom. The molecule has 0 saturated carbocycles. The van der Waals surface area contributed by atoms with Gasteiger partial charge in [0, 0.05) is 12.8 Å². The number of carbonyl (C=O) groups is 2. The van der Waals surface area contributed by atoms with E-state index in [2.05, 4.69) is 4.98 Å². The first-order valence-corrected chi connectivity index (χ1v) is 5.84. The summed E-state index contributed by atoms with van der Waals surface area (Å²) in [6, 6.07) is -0.729. The molecule has 2 heterocycles. The van der Waals surface area contributed by atoms with Gasteiger partial charge in [0.15, 0.2) is 0 Å². The quantitative estimate of drug-likeness (QED) is 0.790. The zero-order chi connectivity index (χ0) is 11.7. The summed E-state index contributed by atoms with van der Waals surface area (Å²) in [5, 5.41) is 8.97. The Bertz CT molecular complexity index is 431. The summed E-state index contributed by atoms with van der Waals surface area (Å²) >= 11 is 1.44. The summed E-state index contributed by atoms with van der Waals surface area (Å²) < 4.78 is 1.59. The van der Waals surface area contributed by atoms with Gasteiger partial charge >= 0.3 is 5.97 Å². The van der Waals surface area contributed by atoms with Crippen molar-refractivity contribution >= 4 is 23.6 Å². The van der Waals surface area contributed by atoms with Crippen molar-refractivity contribution in [3.8, 4) is 0 Å². The third-order valence-corrected chi connectivity index (χ3v) is 3.48. The van der Waals surface area contributed by atoms with Gasteiger partial charge in [-0.25, -0.2) is 9.78 Å². The van der Waals surface area contributed by atoms with E-state index in [0.29, 0.717) is 17.3 Å². The van der Waals surface area contributed by atoms with Crippen molar-refractivity contribution < 1.29 is 14.7 Å². The lowest BCUT2D eigenvalue weighted by molar-refractivity contribution is -0.140. The van der Waals surface area contributed by atoms with Crippen LogP contribution in [0.5, 0.6) is 0 Å². The largest absolute Gasteiger partial charge is 0.480 e. The summed E-state index contributed by atoms with van der Waals surface area (Å²) in [6.45, 7) is 0. The number of thioether (sulfide) groups is 1. The van der Waals surface area contributed by atoms with Crippen molar-refractivity contribution in [1.82, 2.24) is 14.5 Å². The van der Waals surface area contributed by atoms with Gasteiger partial charge in [-0.3, -0.25) is 4.79 Å². The predicted molar refractivity (Wildman–Crippen MR) is 58.1 cm³/mol. The van der Waals surface area contributed by atoms with Crippen LogP contribution in [0.1, 0.15) is 10.5 Å². The van der Waals surface area contributed by atoms with E-state index in [-0.39, 0.29) is 5.91 Å². The van der Waals surface area contributed by atoms with Gasteiger partial charge in [-0.15, -0.1) is 11.8 Å². The zero-order valence-corrected chi connectivity index (χ0v) is 9.48. The van der Waals surface area contributed by atoms with Crippen LogP contribution in [0.2, 0.25) is 0 Å². The predicted octanol–water partition coefficient (Wildman–Crippen LogP) is 0.0198. The van der Waals surface area contributed by atoms with Gasteiger partial charge < -0.3 is 14.6 Å². The van der Waals surface area contributed by atoms with Gasteiger partial charge in [0.25, 0.3) is 5.91 Å². The lowest BCUT2D eigenvalue weighted by atomic mass is 10.3. The minimum atomic E-state index is -0.958. The highest BCUT2D eigenvalue weighted by molar-refractivity contribution is 7.99. The molecule has 1 aliphatic rings. The Morgan fingerprint density at radius 1 is 1.62 bits per heavy atom. The number of hydrogen-bond acceptors (Lipinski definition) is 4. The van der Waals surface area contributed by atoms with E-state index < -0.39 is 12.0 Å². The Balaban J connectivity index is 2.22. The monoisotopic (exact) mass is 241 g/mol. The number of nitrogens with zero attached hydrogens (tertiary/aromatic N) is 3. The average molecular weight is 241 g/mol. The normalized spacial score (nSPS) is 20.1. The summed E-state index contributed by atoms with van der Waals surface area (Å²) in [4.78, 5) is 28.2. The molecule has 0 radical (unpaired) electrons. The minimum Gasteiger partial charge on any atom is -0.480 e. The zero-order valence-electron chi connectivity index (χ0n) is 8.66. The number of carbonyl (C=O) groups excluding carboxylic acids is 1. The summed E-state index contributed by atoms with van der Waals surface area (Å²) in [5.41, 5.74) is 0.411. The lowest BCUT2D eigenvalue weighted by Gasteiger charge is -2.20. The molecule has 1 aromatic rings. The van der Waals surface area contributed by atoms with Gasteiger partial charge in [-0.2, -0.15) is 0 Å². The molecule has 0 bridgehead atoms. The molecule has 1 aliphatic heterocycles. The van der Waals surface area contributed by atoms with Crippen LogP contribution >= 0.6 is 11.8 Å². The van der Waals surface area contributed by atoms with Crippen molar-refractivity contribution in [1.29, 1.82) is 0 Å². The van der Waals surface area contributed by atoms with E-state index in [1.54, 1.807) is 11.6 Å². The second-order valence-electron chi connectivity index (χ2n) is 3.52. The van der Waals surface area contributed by atoms with Crippen molar-refractivity contribution in [2.75, 3.05) is 11.6 Å². The topological polar surface area (TPSA) is 75.4 Å². The van der Waals surface area contributed by atoms with Crippen LogP contribution in [0.3, 0.4) is 0 Å². The molecule has 7 heteroatoms. The fraction of sp³-hybridized carbons (Fsp3) is 0.444. The number of carboxylic acids is 1. The molecule has 0 aromatic carbocycles. The highest BCUT2D eigenvalue weighted by Gasteiger charge is 2.35. The highest BCUT2D eigenvalue weighted by Crippen LogP contribution is 2.22.